The molecule has 0 saturated heterocycles. The van der Waals surface area contributed by atoms with Crippen molar-refractivity contribution in [1.29, 1.82) is 0 Å². The molecule has 0 aliphatic heterocycles. The number of anilines is 2. The fourth-order valence-electron chi connectivity index (χ4n) is 1.69. The molecule has 4 N–H and O–H groups in total. The molecule has 0 aliphatic carbocycles. The Hall–Kier alpha value is -1.89. The first-order valence-electron chi connectivity index (χ1n) is 5.65. The van der Waals surface area contributed by atoms with E-state index in [2.05, 4.69) is 10.7 Å². The van der Waals surface area contributed by atoms with Crippen LogP contribution in [0.15, 0.2) is 30.3 Å². The number of rotatable bonds is 3. The predicted molar refractivity (Wildman–Crippen MR) is 78.6 cm³/mol. The third kappa shape index (κ3) is 3.24. The van der Waals surface area contributed by atoms with Crippen LogP contribution in [0.4, 0.5) is 20.2 Å². The number of nitrogen functional groups attached to an aromatic ring is 1. The lowest BCUT2D eigenvalue weighted by molar-refractivity contribution is 0.102. The Morgan fingerprint density at radius 2 is 1.76 bits per heavy atom. The van der Waals surface area contributed by atoms with Crippen molar-refractivity contribution in [2.24, 2.45) is 5.84 Å². The van der Waals surface area contributed by atoms with Crippen molar-refractivity contribution in [3.8, 4) is 0 Å². The number of nitrogens with one attached hydrogen (secondary N) is 2. The van der Waals surface area contributed by atoms with Gasteiger partial charge in [0.05, 0.1) is 21.3 Å². The third-order valence-corrected chi connectivity index (χ3v) is 3.19. The standard InChI is InChI=1S/C13H9Cl2F2N3O/c14-8-4-6(5-9(15)11(8)17)19-13(21)7-2-1-3-10(16)12(7)20-18/h1-5,20H,18H2,(H,19,21). The normalized spacial score (nSPS) is 10.3. The summed E-state index contributed by atoms with van der Waals surface area (Å²) in [5, 5.41) is 1.95. The molecule has 0 aliphatic rings. The first-order valence-corrected chi connectivity index (χ1v) is 6.40. The van der Waals surface area contributed by atoms with Gasteiger partial charge in [-0.2, -0.15) is 0 Å². The number of para-hydroxylation sites is 1. The highest BCUT2D eigenvalue weighted by atomic mass is 35.5. The van der Waals surface area contributed by atoms with Crippen molar-refractivity contribution in [3.63, 3.8) is 0 Å². The minimum atomic E-state index is -0.786. The number of hydrogen-bond acceptors (Lipinski definition) is 3. The molecule has 0 radical (unpaired) electrons. The van der Waals surface area contributed by atoms with E-state index in [0.29, 0.717) is 0 Å². The van der Waals surface area contributed by atoms with Gasteiger partial charge in [0.15, 0.2) is 5.82 Å². The van der Waals surface area contributed by atoms with Crippen molar-refractivity contribution in [2.45, 2.75) is 0 Å². The maximum atomic E-state index is 13.5. The number of amides is 1. The van der Waals surface area contributed by atoms with E-state index in [0.717, 1.165) is 6.07 Å². The fourth-order valence-corrected chi connectivity index (χ4v) is 2.17. The van der Waals surface area contributed by atoms with Gasteiger partial charge >= 0.3 is 0 Å². The van der Waals surface area contributed by atoms with Crippen LogP contribution in [0.3, 0.4) is 0 Å². The van der Waals surface area contributed by atoms with Gasteiger partial charge in [0.1, 0.15) is 5.82 Å². The summed E-state index contributed by atoms with van der Waals surface area (Å²) in [5.74, 6) is 3.07. The molecule has 4 nitrogen and oxygen atoms in total. The quantitative estimate of drug-likeness (QED) is 0.455. The highest BCUT2D eigenvalue weighted by Gasteiger charge is 2.16. The van der Waals surface area contributed by atoms with E-state index in [4.69, 9.17) is 29.0 Å². The molecule has 0 aromatic heterocycles. The monoisotopic (exact) mass is 331 g/mol. The zero-order chi connectivity index (χ0) is 15.6. The number of hydrogen-bond donors (Lipinski definition) is 3. The number of hydrazine groups is 1. The maximum Gasteiger partial charge on any atom is 0.257 e. The molecule has 0 bridgehead atoms. The van der Waals surface area contributed by atoms with Crippen LogP contribution in [0.2, 0.25) is 10.0 Å². The summed E-state index contributed by atoms with van der Waals surface area (Å²) in [5.41, 5.74) is 2.11. The summed E-state index contributed by atoms with van der Waals surface area (Å²) in [6, 6.07) is 6.26. The lowest BCUT2D eigenvalue weighted by atomic mass is 10.1. The first kappa shape index (κ1) is 15.5. The zero-order valence-electron chi connectivity index (χ0n) is 10.4. The summed E-state index contributed by atoms with van der Waals surface area (Å²) in [4.78, 5) is 12.1. The van der Waals surface area contributed by atoms with Crippen molar-refractivity contribution in [3.05, 3.63) is 57.6 Å². The largest absolute Gasteiger partial charge is 0.322 e. The SMILES string of the molecule is NNc1c(F)cccc1C(=O)Nc1cc(Cl)c(F)c(Cl)c1. The molecular weight excluding hydrogens is 323 g/mol. The van der Waals surface area contributed by atoms with Crippen LogP contribution in [0.5, 0.6) is 0 Å². The lowest BCUT2D eigenvalue weighted by Crippen LogP contribution is -2.18. The Bertz CT molecular complexity index is 687. The summed E-state index contributed by atoms with van der Waals surface area (Å²) < 4.78 is 26.8. The number of halogens is 4. The van der Waals surface area contributed by atoms with Crippen molar-refractivity contribution < 1.29 is 13.6 Å². The van der Waals surface area contributed by atoms with Crippen LogP contribution < -0.4 is 16.6 Å². The number of benzene rings is 2. The Labute approximate surface area is 128 Å². The maximum absolute atomic E-state index is 13.5. The fraction of sp³-hybridized carbons (Fsp3) is 0. The minimum Gasteiger partial charge on any atom is -0.322 e. The van der Waals surface area contributed by atoms with E-state index in [9.17, 15) is 13.6 Å². The molecule has 21 heavy (non-hydrogen) atoms. The first-order chi connectivity index (χ1) is 9.93. The van der Waals surface area contributed by atoms with Crippen LogP contribution in [-0.2, 0) is 0 Å². The zero-order valence-corrected chi connectivity index (χ0v) is 11.9. The molecule has 1 amide bonds. The molecule has 110 valence electrons. The van der Waals surface area contributed by atoms with Crippen molar-refractivity contribution >= 4 is 40.5 Å². The summed E-state index contributed by atoms with van der Waals surface area (Å²) >= 11 is 11.3. The number of nitrogens with two attached hydrogens (primary N) is 1. The van der Waals surface area contributed by atoms with E-state index in [-0.39, 0.29) is 27.0 Å². The molecule has 0 unspecified atom stereocenters. The van der Waals surface area contributed by atoms with Gasteiger partial charge in [-0.05, 0) is 24.3 Å². The third-order valence-electron chi connectivity index (χ3n) is 2.64. The molecule has 0 atom stereocenters. The van der Waals surface area contributed by atoms with Crippen molar-refractivity contribution in [2.75, 3.05) is 10.7 Å². The predicted octanol–water partition coefficient (Wildman–Crippen LogP) is 3.81. The van der Waals surface area contributed by atoms with Crippen LogP contribution in [0.1, 0.15) is 10.4 Å². The average molecular weight is 332 g/mol. The van der Waals surface area contributed by atoms with E-state index in [1.165, 1.54) is 24.3 Å². The second kappa shape index (κ2) is 6.26. The van der Waals surface area contributed by atoms with Crippen LogP contribution in [-0.4, -0.2) is 5.91 Å². The van der Waals surface area contributed by atoms with E-state index in [1.54, 1.807) is 0 Å². The summed E-state index contributed by atoms with van der Waals surface area (Å²) in [7, 11) is 0. The van der Waals surface area contributed by atoms with Gasteiger partial charge in [0.25, 0.3) is 5.91 Å². The summed E-state index contributed by atoms with van der Waals surface area (Å²) in [6.45, 7) is 0. The smallest absolute Gasteiger partial charge is 0.257 e. The van der Waals surface area contributed by atoms with Crippen LogP contribution in [0, 0.1) is 11.6 Å². The topological polar surface area (TPSA) is 67.1 Å². The van der Waals surface area contributed by atoms with Gasteiger partial charge in [-0.25, -0.2) is 8.78 Å². The van der Waals surface area contributed by atoms with Crippen molar-refractivity contribution in [1.82, 2.24) is 0 Å². The summed E-state index contributed by atoms with van der Waals surface area (Å²) in [6.07, 6.45) is 0. The Morgan fingerprint density at radius 1 is 1.14 bits per heavy atom. The van der Waals surface area contributed by atoms with E-state index >= 15 is 0 Å². The van der Waals surface area contributed by atoms with Gasteiger partial charge in [-0.3, -0.25) is 10.6 Å². The van der Waals surface area contributed by atoms with E-state index in [1.807, 2.05) is 0 Å². The Morgan fingerprint density at radius 3 is 2.33 bits per heavy atom. The molecule has 0 fully saturated rings. The molecular formula is C13H9Cl2F2N3O. The molecule has 2 aromatic carbocycles. The Balaban J connectivity index is 2.33. The number of carbonyl (C=O) groups is 1. The van der Waals surface area contributed by atoms with Gasteiger partial charge in [0.2, 0.25) is 0 Å². The molecule has 0 spiro atoms. The average Bonchev–Trinajstić information content (AvgIpc) is 2.44. The second-order valence-corrected chi connectivity index (χ2v) is 4.83. The second-order valence-electron chi connectivity index (χ2n) is 4.01. The lowest BCUT2D eigenvalue weighted by Gasteiger charge is -2.11. The van der Waals surface area contributed by atoms with Gasteiger partial charge in [0, 0.05) is 5.69 Å². The number of carbonyl (C=O) groups excluding carboxylic acids is 1. The van der Waals surface area contributed by atoms with Gasteiger partial charge in [-0.15, -0.1) is 0 Å². The molecule has 0 heterocycles. The molecule has 8 heteroatoms. The highest BCUT2D eigenvalue weighted by molar-refractivity contribution is 6.35. The molecule has 2 rings (SSSR count). The van der Waals surface area contributed by atoms with Crippen LogP contribution in [0.25, 0.3) is 0 Å². The Kier molecular flexibility index (Phi) is 4.62. The van der Waals surface area contributed by atoms with E-state index < -0.39 is 17.5 Å². The van der Waals surface area contributed by atoms with Gasteiger partial charge < -0.3 is 10.7 Å². The van der Waals surface area contributed by atoms with Gasteiger partial charge in [-0.1, -0.05) is 29.3 Å². The van der Waals surface area contributed by atoms with Crippen LogP contribution >= 0.6 is 23.2 Å². The highest BCUT2D eigenvalue weighted by Crippen LogP contribution is 2.28. The molecule has 2 aromatic rings. The molecule has 0 saturated carbocycles. The minimum absolute atomic E-state index is 0.0194.